The molecule has 2 heterocycles. The molecule has 2 aromatic heterocycles. The lowest BCUT2D eigenvalue weighted by atomic mass is 10.2. The smallest absolute Gasteiger partial charge is 0.431 e. The number of ether oxygens (including phenoxy) is 3. The largest absolute Gasteiger partial charge is 0.484 e. The predicted molar refractivity (Wildman–Crippen MR) is 107 cm³/mol. The first-order valence-electron chi connectivity index (χ1n) is 8.94. The van der Waals surface area contributed by atoms with Crippen LogP contribution in [0.3, 0.4) is 0 Å². The number of rotatable bonds is 6. The fourth-order valence-corrected chi connectivity index (χ4v) is 2.99. The normalized spacial score (nSPS) is 11.4. The maximum absolute atomic E-state index is 14.6. The molecule has 9 nitrogen and oxygen atoms in total. The summed E-state index contributed by atoms with van der Waals surface area (Å²) in [5.74, 6) is -0.883. The van der Waals surface area contributed by atoms with Gasteiger partial charge in [0, 0.05) is 19.2 Å². The minimum Gasteiger partial charge on any atom is -0.484 e. The van der Waals surface area contributed by atoms with E-state index >= 15 is 0 Å². The lowest BCUT2D eigenvalue weighted by Gasteiger charge is -2.15. The molecule has 0 aliphatic rings. The first-order valence-corrected chi connectivity index (χ1v) is 9.32. The summed E-state index contributed by atoms with van der Waals surface area (Å²) in [6, 6.07) is 3.26. The van der Waals surface area contributed by atoms with Crippen molar-refractivity contribution in [2.45, 2.75) is 12.8 Å². The van der Waals surface area contributed by atoms with Crippen LogP contribution in [0.2, 0.25) is 5.02 Å². The van der Waals surface area contributed by atoms with Gasteiger partial charge in [-0.05, 0) is 6.07 Å². The molecule has 3 rings (SSSR count). The third kappa shape index (κ3) is 4.92. The van der Waals surface area contributed by atoms with Crippen molar-refractivity contribution >= 4 is 11.6 Å². The first kappa shape index (κ1) is 24.0. The standard InChI is InChI=1S/C19H15ClF4N4O5/c1-27-13(19(22,23)24)6-17(29)28(18(27)30)11-5-12(9(20)4-10(11)21)33-8-14-25-15(31-2)7-16(26-14)32-3/h4-7H,8H2,1-3H3. The van der Waals surface area contributed by atoms with Gasteiger partial charge in [-0.2, -0.15) is 23.1 Å². The minimum absolute atomic E-state index is 0.0933. The van der Waals surface area contributed by atoms with Crippen LogP contribution in [0, 0.1) is 5.82 Å². The van der Waals surface area contributed by atoms with Gasteiger partial charge >= 0.3 is 11.9 Å². The monoisotopic (exact) mass is 490 g/mol. The van der Waals surface area contributed by atoms with Crippen LogP contribution in [0.15, 0.2) is 33.9 Å². The third-order valence-electron chi connectivity index (χ3n) is 4.35. The summed E-state index contributed by atoms with van der Waals surface area (Å²) in [6.07, 6.45) is -4.96. The quantitative estimate of drug-likeness (QED) is 0.490. The van der Waals surface area contributed by atoms with Crippen LogP contribution in [0.5, 0.6) is 17.5 Å². The van der Waals surface area contributed by atoms with Crippen molar-refractivity contribution in [3.63, 3.8) is 0 Å². The molecule has 0 radical (unpaired) electrons. The highest BCUT2D eigenvalue weighted by atomic mass is 35.5. The van der Waals surface area contributed by atoms with Crippen molar-refractivity contribution in [2.75, 3.05) is 14.2 Å². The highest BCUT2D eigenvalue weighted by Gasteiger charge is 2.35. The Morgan fingerprint density at radius 1 is 1.03 bits per heavy atom. The molecule has 14 heteroatoms. The molecule has 0 amide bonds. The molecule has 0 saturated carbocycles. The maximum atomic E-state index is 14.6. The lowest BCUT2D eigenvalue weighted by molar-refractivity contribution is -0.144. The Hall–Kier alpha value is -3.61. The highest BCUT2D eigenvalue weighted by molar-refractivity contribution is 6.32. The van der Waals surface area contributed by atoms with Gasteiger partial charge in [-0.25, -0.2) is 13.8 Å². The molecule has 3 aromatic rings. The van der Waals surface area contributed by atoms with E-state index in [0.717, 1.165) is 19.2 Å². The molecular weight excluding hydrogens is 476 g/mol. The Labute approximate surface area is 187 Å². The molecule has 0 bridgehead atoms. The Morgan fingerprint density at radius 2 is 1.64 bits per heavy atom. The number of halogens is 5. The van der Waals surface area contributed by atoms with Gasteiger partial charge < -0.3 is 14.2 Å². The summed E-state index contributed by atoms with van der Waals surface area (Å²) in [7, 11) is 3.55. The van der Waals surface area contributed by atoms with Gasteiger partial charge in [-0.3, -0.25) is 9.36 Å². The third-order valence-corrected chi connectivity index (χ3v) is 4.65. The van der Waals surface area contributed by atoms with E-state index < -0.39 is 34.6 Å². The number of alkyl halides is 3. The molecule has 0 unspecified atom stereocenters. The number of methoxy groups -OCH3 is 2. The van der Waals surface area contributed by atoms with Gasteiger partial charge in [0.15, 0.2) is 5.82 Å². The number of hydrogen-bond acceptors (Lipinski definition) is 7. The highest BCUT2D eigenvalue weighted by Crippen LogP contribution is 2.30. The molecule has 0 atom stereocenters. The van der Waals surface area contributed by atoms with Gasteiger partial charge in [0.2, 0.25) is 11.8 Å². The van der Waals surface area contributed by atoms with Gasteiger partial charge in [0.25, 0.3) is 5.56 Å². The molecule has 0 fully saturated rings. The number of benzene rings is 1. The second-order valence-corrected chi connectivity index (χ2v) is 6.84. The maximum Gasteiger partial charge on any atom is 0.431 e. The lowest BCUT2D eigenvalue weighted by Crippen LogP contribution is -2.41. The average molecular weight is 491 g/mol. The van der Waals surface area contributed by atoms with Gasteiger partial charge in [-0.15, -0.1) is 0 Å². The van der Waals surface area contributed by atoms with Gasteiger partial charge in [-0.1, -0.05) is 11.6 Å². The van der Waals surface area contributed by atoms with Crippen LogP contribution in [0.25, 0.3) is 5.69 Å². The van der Waals surface area contributed by atoms with Crippen LogP contribution in [-0.2, 0) is 19.8 Å². The first-order chi connectivity index (χ1) is 15.5. The van der Waals surface area contributed by atoms with Crippen LogP contribution in [0.1, 0.15) is 11.5 Å². The van der Waals surface area contributed by atoms with E-state index in [2.05, 4.69) is 9.97 Å². The van der Waals surface area contributed by atoms with Crippen molar-refractivity contribution < 1.29 is 31.8 Å². The molecule has 33 heavy (non-hydrogen) atoms. The molecule has 0 aliphatic carbocycles. The van der Waals surface area contributed by atoms with E-state index in [0.29, 0.717) is 0 Å². The van der Waals surface area contributed by atoms with Crippen molar-refractivity contribution in [3.8, 4) is 23.2 Å². The number of aromatic nitrogens is 4. The molecule has 0 saturated heterocycles. The topological polar surface area (TPSA) is 97.5 Å². The van der Waals surface area contributed by atoms with Crippen LogP contribution in [-0.4, -0.2) is 33.3 Å². The van der Waals surface area contributed by atoms with E-state index in [1.807, 2.05) is 0 Å². The summed E-state index contributed by atoms with van der Waals surface area (Å²) in [4.78, 5) is 32.8. The molecular formula is C19H15ClF4N4O5. The summed E-state index contributed by atoms with van der Waals surface area (Å²) < 4.78 is 69.7. The summed E-state index contributed by atoms with van der Waals surface area (Å²) in [6.45, 7) is -0.307. The SMILES string of the molecule is COc1cc(OC)nc(COc2cc(-n3c(=O)cc(C(F)(F)F)n(C)c3=O)c(F)cc2Cl)n1. The van der Waals surface area contributed by atoms with Crippen molar-refractivity contribution in [1.82, 2.24) is 19.1 Å². The minimum atomic E-state index is -4.96. The fraction of sp³-hybridized carbons (Fsp3) is 0.263. The fourth-order valence-electron chi connectivity index (χ4n) is 2.79. The van der Waals surface area contributed by atoms with E-state index in [-0.39, 0.29) is 50.2 Å². The van der Waals surface area contributed by atoms with E-state index in [1.165, 1.54) is 20.3 Å². The molecule has 176 valence electrons. The molecule has 0 aliphatic heterocycles. The average Bonchev–Trinajstić information content (AvgIpc) is 2.75. The zero-order chi connectivity index (χ0) is 24.5. The van der Waals surface area contributed by atoms with Gasteiger partial charge in [0.1, 0.15) is 23.9 Å². The number of nitrogens with zero attached hydrogens (tertiary/aromatic N) is 4. The van der Waals surface area contributed by atoms with Crippen LogP contribution < -0.4 is 25.5 Å². The second-order valence-electron chi connectivity index (χ2n) is 6.43. The van der Waals surface area contributed by atoms with Crippen LogP contribution in [0.4, 0.5) is 17.6 Å². The zero-order valence-corrected chi connectivity index (χ0v) is 18.0. The zero-order valence-electron chi connectivity index (χ0n) is 17.2. The van der Waals surface area contributed by atoms with Crippen molar-refractivity contribution in [2.24, 2.45) is 7.05 Å². The van der Waals surface area contributed by atoms with Crippen molar-refractivity contribution in [3.05, 3.63) is 67.5 Å². The Balaban J connectivity index is 2.04. The van der Waals surface area contributed by atoms with E-state index in [4.69, 9.17) is 25.8 Å². The summed E-state index contributed by atoms with van der Waals surface area (Å²) in [5.41, 5.74) is -4.94. The summed E-state index contributed by atoms with van der Waals surface area (Å²) in [5, 5.41) is -0.233. The van der Waals surface area contributed by atoms with Crippen LogP contribution >= 0.6 is 11.6 Å². The molecule has 0 spiro atoms. The molecule has 1 aromatic carbocycles. The predicted octanol–water partition coefficient (Wildman–Crippen LogP) is 2.73. The summed E-state index contributed by atoms with van der Waals surface area (Å²) >= 11 is 5.99. The Kier molecular flexibility index (Phi) is 6.63. The van der Waals surface area contributed by atoms with Crippen molar-refractivity contribution in [1.29, 1.82) is 0 Å². The Morgan fingerprint density at radius 3 is 2.18 bits per heavy atom. The van der Waals surface area contributed by atoms with E-state index in [9.17, 15) is 27.2 Å². The Bertz CT molecular complexity index is 1300. The van der Waals surface area contributed by atoms with Gasteiger partial charge in [0.05, 0.1) is 31.0 Å². The number of hydrogen-bond donors (Lipinski definition) is 0. The second kappa shape index (κ2) is 9.10. The molecule has 0 N–H and O–H groups in total. The van der Waals surface area contributed by atoms with E-state index in [1.54, 1.807) is 0 Å².